The molecule has 0 saturated heterocycles. The quantitative estimate of drug-likeness (QED) is 0.366. The van der Waals surface area contributed by atoms with E-state index in [2.05, 4.69) is 5.32 Å². The number of carbonyl (C=O) groups excluding carboxylic acids is 2. The molecule has 0 unspecified atom stereocenters. The number of phenolic OH excluding ortho intramolecular Hbond substituents is 1. The number of anilines is 1. The number of nitrogens with one attached hydrogen (secondary N) is 2. The van der Waals surface area contributed by atoms with Crippen LogP contribution in [0.5, 0.6) is 5.75 Å². The van der Waals surface area contributed by atoms with Gasteiger partial charge in [0.15, 0.2) is 0 Å². The van der Waals surface area contributed by atoms with Crippen LogP contribution in [0.2, 0.25) is 0 Å². The minimum absolute atomic E-state index is 0.0893. The van der Waals surface area contributed by atoms with Crippen molar-refractivity contribution in [1.82, 2.24) is 5.48 Å². The number of rotatable bonds is 6. The maximum absolute atomic E-state index is 12.1. The minimum atomic E-state index is -0.682. The highest BCUT2D eigenvalue weighted by Gasteiger charge is 2.16. The molecule has 1 atom stereocenters. The summed E-state index contributed by atoms with van der Waals surface area (Å²) in [5.74, 6) is -0.593. The standard InChI is InChI=1S/C18H18N2O5/c21-15-11-9-13(10-12-15)16(7-4-8-17(22)20-24)25-18(23)19-14-5-2-1-3-6-14/h1-6,8-12,16,21,24H,7H2,(H,19,23)(H,20,22)/b8-4+/t16-/m1/s1. The Morgan fingerprint density at radius 1 is 1.08 bits per heavy atom. The summed E-state index contributed by atoms with van der Waals surface area (Å²) >= 11 is 0. The van der Waals surface area contributed by atoms with Gasteiger partial charge >= 0.3 is 6.09 Å². The largest absolute Gasteiger partial charge is 0.508 e. The summed E-state index contributed by atoms with van der Waals surface area (Å²) in [7, 11) is 0. The molecule has 2 aromatic rings. The fourth-order valence-corrected chi connectivity index (χ4v) is 2.08. The molecule has 0 saturated carbocycles. The Balaban J connectivity index is 2.07. The van der Waals surface area contributed by atoms with Crippen LogP contribution in [-0.4, -0.2) is 22.3 Å². The molecule has 2 rings (SSSR count). The van der Waals surface area contributed by atoms with Crippen molar-refractivity contribution >= 4 is 17.7 Å². The van der Waals surface area contributed by atoms with Crippen LogP contribution in [0.15, 0.2) is 66.7 Å². The van der Waals surface area contributed by atoms with E-state index >= 15 is 0 Å². The van der Waals surface area contributed by atoms with E-state index in [0.717, 1.165) is 6.08 Å². The third-order valence-electron chi connectivity index (χ3n) is 3.26. The fraction of sp³-hybridized carbons (Fsp3) is 0.111. The molecule has 0 bridgehead atoms. The Bertz CT molecular complexity index is 729. The molecule has 0 radical (unpaired) electrons. The molecule has 130 valence electrons. The molecule has 4 N–H and O–H groups in total. The first-order chi connectivity index (χ1) is 12.1. The van der Waals surface area contributed by atoms with Crippen molar-refractivity contribution in [2.75, 3.05) is 5.32 Å². The summed E-state index contributed by atoms with van der Waals surface area (Å²) in [4.78, 5) is 23.1. The van der Waals surface area contributed by atoms with Crippen molar-refractivity contribution in [2.24, 2.45) is 0 Å². The van der Waals surface area contributed by atoms with Gasteiger partial charge in [-0.25, -0.2) is 10.3 Å². The topological polar surface area (TPSA) is 108 Å². The van der Waals surface area contributed by atoms with Gasteiger partial charge in [-0.1, -0.05) is 36.4 Å². The second-order valence-electron chi connectivity index (χ2n) is 5.09. The lowest BCUT2D eigenvalue weighted by atomic mass is 10.1. The first-order valence-electron chi connectivity index (χ1n) is 7.50. The molecular weight excluding hydrogens is 324 g/mol. The predicted molar refractivity (Wildman–Crippen MR) is 91.1 cm³/mol. The van der Waals surface area contributed by atoms with Crippen LogP contribution in [0.4, 0.5) is 10.5 Å². The molecule has 0 fully saturated rings. The fourth-order valence-electron chi connectivity index (χ4n) is 2.08. The minimum Gasteiger partial charge on any atom is -0.508 e. The SMILES string of the molecule is O=C(/C=C/C[C@@H](OC(=O)Nc1ccccc1)c1ccc(O)cc1)NO. The summed E-state index contributed by atoms with van der Waals surface area (Å²) in [6.45, 7) is 0. The first-order valence-corrected chi connectivity index (χ1v) is 7.50. The van der Waals surface area contributed by atoms with Crippen LogP contribution in [0.1, 0.15) is 18.1 Å². The third-order valence-corrected chi connectivity index (χ3v) is 3.26. The van der Waals surface area contributed by atoms with Crippen molar-refractivity contribution in [1.29, 1.82) is 0 Å². The van der Waals surface area contributed by atoms with Crippen molar-refractivity contribution < 1.29 is 24.6 Å². The summed E-state index contributed by atoms with van der Waals surface area (Å²) < 4.78 is 5.42. The average molecular weight is 342 g/mol. The number of benzene rings is 2. The van der Waals surface area contributed by atoms with Crippen molar-refractivity contribution in [3.63, 3.8) is 0 Å². The number of carbonyl (C=O) groups is 2. The lowest BCUT2D eigenvalue weighted by Crippen LogP contribution is -2.18. The second kappa shape index (κ2) is 9.09. The molecule has 0 aliphatic heterocycles. The van der Waals surface area contributed by atoms with Gasteiger partial charge in [0.1, 0.15) is 11.9 Å². The average Bonchev–Trinajstić information content (AvgIpc) is 2.62. The molecule has 7 nitrogen and oxygen atoms in total. The normalized spacial score (nSPS) is 11.7. The second-order valence-corrected chi connectivity index (χ2v) is 5.09. The monoisotopic (exact) mass is 342 g/mol. The predicted octanol–water partition coefficient (Wildman–Crippen LogP) is 3.13. The summed E-state index contributed by atoms with van der Waals surface area (Å²) in [5, 5.41) is 20.5. The highest BCUT2D eigenvalue weighted by molar-refractivity contribution is 5.86. The van der Waals surface area contributed by atoms with Gasteiger partial charge in [-0.2, -0.15) is 0 Å². The zero-order chi connectivity index (χ0) is 18.1. The zero-order valence-corrected chi connectivity index (χ0v) is 13.3. The maximum Gasteiger partial charge on any atom is 0.412 e. The Hall–Kier alpha value is -3.32. The van der Waals surface area contributed by atoms with Crippen LogP contribution >= 0.6 is 0 Å². The molecule has 0 aliphatic rings. The number of ether oxygens (including phenoxy) is 1. The smallest absolute Gasteiger partial charge is 0.412 e. The third kappa shape index (κ3) is 6.00. The number of aromatic hydroxyl groups is 1. The summed E-state index contributed by atoms with van der Waals surface area (Å²) in [6.07, 6.45) is 1.49. The van der Waals surface area contributed by atoms with Gasteiger partial charge in [-0.15, -0.1) is 0 Å². The molecule has 25 heavy (non-hydrogen) atoms. The number of phenols is 1. The number of hydrogen-bond donors (Lipinski definition) is 4. The highest BCUT2D eigenvalue weighted by atomic mass is 16.6. The van der Waals surface area contributed by atoms with E-state index in [0.29, 0.717) is 11.3 Å². The van der Waals surface area contributed by atoms with E-state index < -0.39 is 18.1 Å². The molecule has 0 spiro atoms. The Kier molecular flexibility index (Phi) is 6.56. The van der Waals surface area contributed by atoms with Crippen LogP contribution < -0.4 is 10.8 Å². The summed E-state index contributed by atoms with van der Waals surface area (Å²) in [5.41, 5.74) is 2.72. The Morgan fingerprint density at radius 3 is 2.40 bits per heavy atom. The Labute approximate surface area is 144 Å². The van der Waals surface area contributed by atoms with E-state index in [1.54, 1.807) is 36.4 Å². The van der Waals surface area contributed by atoms with Crippen LogP contribution in [0.25, 0.3) is 0 Å². The molecule has 0 heterocycles. The van der Waals surface area contributed by atoms with Gasteiger partial charge in [0.05, 0.1) is 0 Å². The van der Waals surface area contributed by atoms with Crippen molar-refractivity contribution in [3.05, 3.63) is 72.3 Å². The van der Waals surface area contributed by atoms with Gasteiger partial charge in [0.2, 0.25) is 0 Å². The number of hydrogen-bond acceptors (Lipinski definition) is 5. The molecule has 7 heteroatoms. The van der Waals surface area contributed by atoms with Gasteiger partial charge in [-0.05, 0) is 29.8 Å². The first kappa shape index (κ1) is 18.0. The maximum atomic E-state index is 12.1. The van der Waals surface area contributed by atoms with E-state index in [-0.39, 0.29) is 12.2 Å². The van der Waals surface area contributed by atoms with Gasteiger partial charge in [0, 0.05) is 18.2 Å². The van der Waals surface area contributed by atoms with Crippen molar-refractivity contribution in [2.45, 2.75) is 12.5 Å². The van der Waals surface area contributed by atoms with E-state index in [1.807, 2.05) is 6.07 Å². The van der Waals surface area contributed by atoms with E-state index in [1.165, 1.54) is 23.7 Å². The number of hydroxylamine groups is 1. The van der Waals surface area contributed by atoms with Gasteiger partial charge in [-0.3, -0.25) is 15.3 Å². The lowest BCUT2D eigenvalue weighted by Gasteiger charge is -2.17. The van der Waals surface area contributed by atoms with E-state index in [9.17, 15) is 14.7 Å². The molecule has 2 aromatic carbocycles. The lowest BCUT2D eigenvalue weighted by molar-refractivity contribution is -0.124. The van der Waals surface area contributed by atoms with Crippen LogP contribution in [-0.2, 0) is 9.53 Å². The number of amides is 2. The Morgan fingerprint density at radius 2 is 1.76 bits per heavy atom. The van der Waals surface area contributed by atoms with E-state index in [4.69, 9.17) is 9.94 Å². The summed E-state index contributed by atoms with van der Waals surface area (Å²) in [6, 6.07) is 15.0. The zero-order valence-electron chi connectivity index (χ0n) is 13.3. The number of para-hydroxylation sites is 1. The highest BCUT2D eigenvalue weighted by Crippen LogP contribution is 2.24. The molecule has 2 amide bonds. The van der Waals surface area contributed by atoms with Gasteiger partial charge < -0.3 is 9.84 Å². The van der Waals surface area contributed by atoms with Gasteiger partial charge in [0.25, 0.3) is 5.91 Å². The molecule has 0 aromatic heterocycles. The van der Waals surface area contributed by atoms with Crippen LogP contribution in [0.3, 0.4) is 0 Å². The molecule has 0 aliphatic carbocycles. The molecular formula is C18H18N2O5. The van der Waals surface area contributed by atoms with Crippen molar-refractivity contribution in [3.8, 4) is 5.75 Å². The van der Waals surface area contributed by atoms with Crippen LogP contribution in [0, 0.1) is 0 Å².